The monoisotopic (exact) mass is 303 g/mol. The molecule has 1 aromatic carbocycles. The molecule has 4 N–H and O–H groups in total. The Bertz CT molecular complexity index is 600. The predicted octanol–water partition coefficient (Wildman–Crippen LogP) is 1.79. The van der Waals surface area contributed by atoms with E-state index in [1.54, 1.807) is 4.90 Å². The second kappa shape index (κ2) is 6.94. The number of nitrogens with two attached hydrogens (primary N) is 2. The number of benzene rings is 1. The van der Waals surface area contributed by atoms with E-state index in [9.17, 15) is 4.79 Å². The summed E-state index contributed by atoms with van der Waals surface area (Å²) in [5.74, 6) is 0.810. The van der Waals surface area contributed by atoms with E-state index in [1.165, 1.54) is 17.8 Å². The van der Waals surface area contributed by atoms with Crippen LogP contribution < -0.4 is 16.4 Å². The highest BCUT2D eigenvalue weighted by atomic mass is 32.2. The third-order valence-corrected chi connectivity index (χ3v) is 3.59. The quantitative estimate of drug-likeness (QED) is 0.645. The van der Waals surface area contributed by atoms with Gasteiger partial charge in [-0.25, -0.2) is 9.97 Å². The molecule has 1 aromatic heterocycles. The van der Waals surface area contributed by atoms with E-state index >= 15 is 0 Å². The van der Waals surface area contributed by atoms with Gasteiger partial charge in [-0.3, -0.25) is 4.79 Å². The molecular weight excluding hydrogens is 286 g/mol. The van der Waals surface area contributed by atoms with Crippen LogP contribution in [0.3, 0.4) is 0 Å². The van der Waals surface area contributed by atoms with Gasteiger partial charge in [0, 0.05) is 18.3 Å². The highest BCUT2D eigenvalue weighted by Gasteiger charge is 2.14. The van der Waals surface area contributed by atoms with Gasteiger partial charge in [-0.05, 0) is 19.1 Å². The molecule has 0 fully saturated rings. The van der Waals surface area contributed by atoms with Crippen LogP contribution in [0.4, 0.5) is 17.3 Å². The number of hydrogen-bond acceptors (Lipinski definition) is 6. The van der Waals surface area contributed by atoms with Crippen LogP contribution in [0.5, 0.6) is 0 Å². The molecule has 0 saturated carbocycles. The first kappa shape index (κ1) is 15.1. The van der Waals surface area contributed by atoms with Crippen molar-refractivity contribution in [3.05, 3.63) is 36.4 Å². The largest absolute Gasteiger partial charge is 0.383 e. The lowest BCUT2D eigenvalue weighted by atomic mass is 10.3. The molecule has 2 rings (SSSR count). The Balaban J connectivity index is 2.03. The molecule has 0 spiro atoms. The topological polar surface area (TPSA) is 98.1 Å². The Labute approximate surface area is 127 Å². The predicted molar refractivity (Wildman–Crippen MR) is 86.0 cm³/mol. The summed E-state index contributed by atoms with van der Waals surface area (Å²) in [5.41, 5.74) is 12.1. The number of carbonyl (C=O) groups excluding carboxylic acids is 1. The summed E-state index contributed by atoms with van der Waals surface area (Å²) in [4.78, 5) is 22.1. The Morgan fingerprint density at radius 1 is 1.19 bits per heavy atom. The molecule has 1 amide bonds. The van der Waals surface area contributed by atoms with Crippen LogP contribution in [0.25, 0.3) is 0 Å². The SMILES string of the molecule is CCN(C(=O)CSc1nc(N)cc(N)n1)c1ccccc1. The minimum absolute atomic E-state index is 0.0155. The summed E-state index contributed by atoms with van der Waals surface area (Å²) in [5, 5.41) is 0.407. The number of hydrogen-bond donors (Lipinski definition) is 2. The van der Waals surface area contributed by atoms with E-state index in [-0.39, 0.29) is 11.7 Å². The molecule has 7 heteroatoms. The molecule has 6 nitrogen and oxygen atoms in total. The molecule has 110 valence electrons. The van der Waals surface area contributed by atoms with Crippen LogP contribution in [-0.4, -0.2) is 28.2 Å². The second-order valence-electron chi connectivity index (χ2n) is 4.26. The highest BCUT2D eigenvalue weighted by Crippen LogP contribution is 2.19. The average molecular weight is 303 g/mol. The van der Waals surface area contributed by atoms with Gasteiger partial charge < -0.3 is 16.4 Å². The smallest absolute Gasteiger partial charge is 0.237 e. The standard InChI is InChI=1S/C14H17N5OS/c1-2-19(10-6-4-3-5-7-10)13(20)9-21-14-17-11(15)8-12(16)18-14/h3-8H,2,9H2,1H3,(H4,15,16,17,18). The van der Waals surface area contributed by atoms with Gasteiger partial charge in [0.15, 0.2) is 5.16 Å². The summed E-state index contributed by atoms with van der Waals surface area (Å²) in [6, 6.07) is 11.0. The number of para-hydroxylation sites is 1. The van der Waals surface area contributed by atoms with Crippen molar-refractivity contribution in [2.45, 2.75) is 12.1 Å². The van der Waals surface area contributed by atoms with Crippen LogP contribution in [0.1, 0.15) is 6.92 Å². The molecule has 21 heavy (non-hydrogen) atoms. The van der Waals surface area contributed by atoms with Crippen LogP contribution in [0.15, 0.2) is 41.6 Å². The molecule has 0 saturated heterocycles. The van der Waals surface area contributed by atoms with E-state index in [0.29, 0.717) is 23.3 Å². The van der Waals surface area contributed by atoms with Crippen molar-refractivity contribution in [3.8, 4) is 0 Å². The zero-order valence-corrected chi connectivity index (χ0v) is 12.5. The Hall–Kier alpha value is -2.28. The zero-order valence-electron chi connectivity index (χ0n) is 11.7. The van der Waals surface area contributed by atoms with E-state index in [4.69, 9.17) is 11.5 Å². The van der Waals surface area contributed by atoms with Crippen LogP contribution in [0.2, 0.25) is 0 Å². The van der Waals surface area contributed by atoms with Gasteiger partial charge in [-0.15, -0.1) is 0 Å². The normalized spacial score (nSPS) is 10.3. The van der Waals surface area contributed by atoms with E-state index < -0.39 is 0 Å². The lowest BCUT2D eigenvalue weighted by molar-refractivity contribution is -0.116. The van der Waals surface area contributed by atoms with Gasteiger partial charge in [0.25, 0.3) is 0 Å². The molecule has 0 aliphatic rings. The molecule has 1 heterocycles. The van der Waals surface area contributed by atoms with E-state index in [1.807, 2.05) is 37.3 Å². The van der Waals surface area contributed by atoms with Crippen molar-refractivity contribution in [3.63, 3.8) is 0 Å². The number of rotatable bonds is 5. The number of thioether (sulfide) groups is 1. The van der Waals surface area contributed by atoms with Gasteiger partial charge in [0.2, 0.25) is 5.91 Å². The second-order valence-corrected chi connectivity index (χ2v) is 5.20. The molecule has 0 aliphatic heterocycles. The highest BCUT2D eigenvalue weighted by molar-refractivity contribution is 7.99. The van der Waals surface area contributed by atoms with Gasteiger partial charge in [0.1, 0.15) is 11.6 Å². The minimum atomic E-state index is -0.0155. The van der Waals surface area contributed by atoms with E-state index in [0.717, 1.165) is 5.69 Å². The van der Waals surface area contributed by atoms with Crippen molar-refractivity contribution in [1.82, 2.24) is 9.97 Å². The number of aromatic nitrogens is 2. The third-order valence-electron chi connectivity index (χ3n) is 2.76. The number of nitrogens with zero attached hydrogens (tertiary/aromatic N) is 3. The fourth-order valence-corrected chi connectivity index (χ4v) is 2.59. The average Bonchev–Trinajstić information content (AvgIpc) is 2.46. The third kappa shape index (κ3) is 4.09. The molecule has 0 atom stereocenters. The van der Waals surface area contributed by atoms with Gasteiger partial charge in [-0.1, -0.05) is 30.0 Å². The summed E-state index contributed by atoms with van der Waals surface area (Å²) in [6.45, 7) is 2.54. The van der Waals surface area contributed by atoms with Crippen molar-refractivity contribution in [2.24, 2.45) is 0 Å². The molecule has 0 aliphatic carbocycles. The number of amides is 1. The van der Waals surface area contributed by atoms with Gasteiger partial charge in [-0.2, -0.15) is 0 Å². The molecule has 0 bridgehead atoms. The fraction of sp³-hybridized carbons (Fsp3) is 0.214. The maximum Gasteiger partial charge on any atom is 0.237 e. The Morgan fingerprint density at radius 3 is 2.38 bits per heavy atom. The molecule has 0 radical (unpaired) electrons. The summed E-state index contributed by atoms with van der Waals surface area (Å²) < 4.78 is 0. The number of carbonyl (C=O) groups is 1. The fourth-order valence-electron chi connectivity index (χ4n) is 1.84. The Morgan fingerprint density at radius 2 is 1.81 bits per heavy atom. The first-order valence-corrected chi connectivity index (χ1v) is 7.47. The van der Waals surface area contributed by atoms with Gasteiger partial charge in [0.05, 0.1) is 5.75 Å². The Kier molecular flexibility index (Phi) is 4.99. The minimum Gasteiger partial charge on any atom is -0.383 e. The van der Waals surface area contributed by atoms with Crippen LogP contribution >= 0.6 is 11.8 Å². The van der Waals surface area contributed by atoms with Crippen molar-refractivity contribution in [1.29, 1.82) is 0 Å². The zero-order chi connectivity index (χ0) is 15.2. The van der Waals surface area contributed by atoms with Crippen LogP contribution in [-0.2, 0) is 4.79 Å². The molecular formula is C14H17N5OS. The van der Waals surface area contributed by atoms with Crippen molar-refractivity contribution in [2.75, 3.05) is 28.7 Å². The van der Waals surface area contributed by atoms with Crippen molar-refractivity contribution >= 4 is 35.0 Å². The van der Waals surface area contributed by atoms with Crippen LogP contribution in [0, 0.1) is 0 Å². The lowest BCUT2D eigenvalue weighted by Gasteiger charge is -2.20. The summed E-state index contributed by atoms with van der Waals surface area (Å²) in [6.07, 6.45) is 0. The molecule has 0 unspecified atom stereocenters. The van der Waals surface area contributed by atoms with Crippen molar-refractivity contribution < 1.29 is 4.79 Å². The molecule has 2 aromatic rings. The number of nitrogen functional groups attached to an aromatic ring is 2. The number of anilines is 3. The summed E-state index contributed by atoms with van der Waals surface area (Å²) in [7, 11) is 0. The van der Waals surface area contributed by atoms with E-state index in [2.05, 4.69) is 9.97 Å². The maximum absolute atomic E-state index is 12.3. The van der Waals surface area contributed by atoms with Gasteiger partial charge >= 0.3 is 0 Å². The lowest BCUT2D eigenvalue weighted by Crippen LogP contribution is -2.32. The first-order chi connectivity index (χ1) is 10.1. The maximum atomic E-state index is 12.3. The summed E-state index contributed by atoms with van der Waals surface area (Å²) >= 11 is 1.22. The first-order valence-electron chi connectivity index (χ1n) is 6.48.